The van der Waals surface area contributed by atoms with Crippen molar-refractivity contribution in [3.05, 3.63) is 70.7 Å². The largest absolute Gasteiger partial charge is 0.352 e. The Morgan fingerprint density at radius 3 is 2.24 bits per heavy atom. The van der Waals surface area contributed by atoms with Gasteiger partial charge in [0.25, 0.3) is 5.91 Å². The van der Waals surface area contributed by atoms with Gasteiger partial charge in [0.2, 0.25) is 5.91 Å². The number of amides is 2. The number of sulfone groups is 1. The van der Waals surface area contributed by atoms with Crippen LogP contribution in [-0.2, 0) is 21.1 Å². The predicted octanol–water partition coefficient (Wildman–Crippen LogP) is 2.37. The molecule has 154 valence electrons. The Balaban J connectivity index is 1.70. The molecule has 1 atom stereocenters. The minimum atomic E-state index is -3.01. The van der Waals surface area contributed by atoms with Crippen LogP contribution in [0.2, 0.25) is 5.02 Å². The molecule has 1 heterocycles. The van der Waals surface area contributed by atoms with Crippen molar-refractivity contribution in [3.63, 3.8) is 0 Å². The first-order valence-electron chi connectivity index (χ1n) is 9.43. The van der Waals surface area contributed by atoms with Crippen LogP contribution in [-0.4, -0.2) is 43.8 Å². The van der Waals surface area contributed by atoms with Gasteiger partial charge in [0.1, 0.15) is 15.9 Å². The molecule has 3 rings (SSSR count). The molecule has 1 unspecified atom stereocenters. The van der Waals surface area contributed by atoms with Crippen LogP contribution in [0, 0.1) is 0 Å². The Morgan fingerprint density at radius 2 is 1.62 bits per heavy atom. The van der Waals surface area contributed by atoms with Crippen LogP contribution >= 0.6 is 11.6 Å². The van der Waals surface area contributed by atoms with Crippen molar-refractivity contribution >= 4 is 33.3 Å². The fraction of sp³-hybridized carbons (Fsp3) is 0.333. The molecule has 1 fully saturated rings. The Hall–Kier alpha value is -2.38. The van der Waals surface area contributed by atoms with Crippen molar-refractivity contribution in [2.24, 2.45) is 0 Å². The van der Waals surface area contributed by atoms with E-state index in [0.717, 1.165) is 5.56 Å². The van der Waals surface area contributed by atoms with Crippen molar-refractivity contribution < 1.29 is 18.0 Å². The van der Waals surface area contributed by atoms with E-state index in [1.165, 1.54) is 0 Å². The molecule has 0 radical (unpaired) electrons. The molecular formula is C21H23ClN2O4S. The Labute approximate surface area is 175 Å². The monoisotopic (exact) mass is 434 g/mol. The summed E-state index contributed by atoms with van der Waals surface area (Å²) in [5.74, 6) is -0.555. The molecule has 2 aromatic rings. The number of carbonyl (C=O) groups excluding carboxylic acids is 2. The molecule has 6 nitrogen and oxygen atoms in total. The molecule has 0 bridgehead atoms. The van der Waals surface area contributed by atoms with Crippen molar-refractivity contribution in [3.8, 4) is 0 Å². The normalized spacial score (nSPS) is 17.3. The lowest BCUT2D eigenvalue weighted by molar-refractivity contribution is -0.123. The lowest BCUT2D eigenvalue weighted by atomic mass is 10.0. The van der Waals surface area contributed by atoms with Gasteiger partial charge in [-0.25, -0.2) is 8.42 Å². The number of hydrogen-bond donors (Lipinski definition) is 2. The van der Waals surface area contributed by atoms with Gasteiger partial charge in [0, 0.05) is 23.0 Å². The van der Waals surface area contributed by atoms with E-state index in [-0.39, 0.29) is 29.4 Å². The molecule has 2 aromatic carbocycles. The number of rotatable bonds is 6. The molecule has 2 amide bonds. The average Bonchev–Trinajstić information content (AvgIpc) is 2.70. The zero-order chi connectivity index (χ0) is 20.9. The van der Waals surface area contributed by atoms with Gasteiger partial charge in [-0.05, 0) is 42.7 Å². The quantitative estimate of drug-likeness (QED) is 0.730. The van der Waals surface area contributed by atoms with Crippen molar-refractivity contribution in [2.45, 2.75) is 31.3 Å². The summed E-state index contributed by atoms with van der Waals surface area (Å²) < 4.78 is 23.2. The second kappa shape index (κ2) is 9.41. The summed E-state index contributed by atoms with van der Waals surface area (Å²) in [6, 6.07) is 14.8. The topological polar surface area (TPSA) is 92.3 Å². The Kier molecular flexibility index (Phi) is 6.92. The van der Waals surface area contributed by atoms with Gasteiger partial charge in [0.15, 0.2) is 0 Å². The maximum Gasteiger partial charge on any atom is 0.251 e. The zero-order valence-electron chi connectivity index (χ0n) is 15.8. The SMILES string of the molecule is O=C(NC(Cc1ccccc1)C(=O)NC1CCS(=O)(=O)CC1)c1ccc(Cl)cc1. The highest BCUT2D eigenvalue weighted by Crippen LogP contribution is 2.14. The second-order valence-corrected chi connectivity index (χ2v) is 9.90. The van der Waals surface area contributed by atoms with Gasteiger partial charge in [-0.2, -0.15) is 0 Å². The molecular weight excluding hydrogens is 412 g/mol. The summed E-state index contributed by atoms with van der Waals surface area (Å²) in [7, 11) is -3.01. The molecule has 0 aromatic heterocycles. The molecule has 2 N–H and O–H groups in total. The van der Waals surface area contributed by atoms with Crippen LogP contribution in [0.15, 0.2) is 54.6 Å². The number of hydrogen-bond acceptors (Lipinski definition) is 4. The first-order valence-corrected chi connectivity index (χ1v) is 11.6. The summed E-state index contributed by atoms with van der Waals surface area (Å²) in [5.41, 5.74) is 1.32. The fourth-order valence-electron chi connectivity index (χ4n) is 3.24. The highest BCUT2D eigenvalue weighted by Gasteiger charge is 2.28. The Morgan fingerprint density at radius 1 is 1.00 bits per heavy atom. The van der Waals surface area contributed by atoms with Crippen molar-refractivity contribution in [1.29, 1.82) is 0 Å². The van der Waals surface area contributed by atoms with Gasteiger partial charge in [0.05, 0.1) is 11.5 Å². The standard InChI is InChI=1S/C21H23ClN2O4S/c22-17-8-6-16(7-9-17)20(25)24-19(14-15-4-2-1-3-5-15)21(26)23-18-10-12-29(27,28)13-11-18/h1-9,18-19H,10-14H2,(H,23,26)(H,24,25). The fourth-order valence-corrected chi connectivity index (χ4v) is 4.86. The van der Waals surface area contributed by atoms with Crippen LogP contribution in [0.3, 0.4) is 0 Å². The first-order chi connectivity index (χ1) is 13.8. The number of carbonyl (C=O) groups is 2. The summed E-state index contributed by atoms with van der Waals surface area (Å²) in [5, 5.41) is 6.22. The van der Waals surface area contributed by atoms with Crippen molar-refractivity contribution in [1.82, 2.24) is 10.6 Å². The number of halogens is 1. The lowest BCUT2D eigenvalue weighted by Crippen LogP contribution is -2.52. The molecule has 0 saturated carbocycles. The zero-order valence-corrected chi connectivity index (χ0v) is 17.4. The van der Waals surface area contributed by atoms with Gasteiger partial charge in [-0.3, -0.25) is 9.59 Å². The third-order valence-electron chi connectivity index (χ3n) is 4.91. The van der Waals surface area contributed by atoms with E-state index in [4.69, 9.17) is 11.6 Å². The van der Waals surface area contributed by atoms with Crippen LogP contribution in [0.1, 0.15) is 28.8 Å². The van der Waals surface area contributed by atoms with E-state index in [9.17, 15) is 18.0 Å². The number of nitrogens with one attached hydrogen (secondary N) is 2. The molecule has 0 aliphatic carbocycles. The molecule has 0 spiro atoms. The second-order valence-electron chi connectivity index (χ2n) is 7.16. The maximum atomic E-state index is 12.9. The van der Waals surface area contributed by atoms with Crippen LogP contribution in [0.5, 0.6) is 0 Å². The van der Waals surface area contributed by atoms with Crippen LogP contribution < -0.4 is 10.6 Å². The van der Waals surface area contributed by atoms with Gasteiger partial charge >= 0.3 is 0 Å². The highest BCUT2D eigenvalue weighted by atomic mass is 35.5. The molecule has 29 heavy (non-hydrogen) atoms. The minimum Gasteiger partial charge on any atom is -0.352 e. The molecule has 8 heteroatoms. The Bertz CT molecular complexity index is 948. The average molecular weight is 435 g/mol. The van der Waals surface area contributed by atoms with Crippen LogP contribution in [0.4, 0.5) is 0 Å². The smallest absolute Gasteiger partial charge is 0.251 e. The summed E-state index contributed by atoms with van der Waals surface area (Å²) >= 11 is 5.87. The van der Waals surface area contributed by atoms with E-state index < -0.39 is 15.9 Å². The maximum absolute atomic E-state index is 12.9. The predicted molar refractivity (Wildman–Crippen MR) is 113 cm³/mol. The first kappa shape index (κ1) is 21.3. The third kappa shape index (κ3) is 6.30. The van der Waals surface area contributed by atoms with Crippen molar-refractivity contribution in [2.75, 3.05) is 11.5 Å². The lowest BCUT2D eigenvalue weighted by Gasteiger charge is -2.26. The number of benzene rings is 2. The summed E-state index contributed by atoms with van der Waals surface area (Å²) in [4.78, 5) is 25.5. The molecule has 1 saturated heterocycles. The third-order valence-corrected chi connectivity index (χ3v) is 6.88. The van der Waals surface area contributed by atoms with Gasteiger partial charge in [-0.1, -0.05) is 41.9 Å². The van der Waals surface area contributed by atoms with E-state index >= 15 is 0 Å². The molecule has 1 aliphatic heterocycles. The van der Waals surface area contributed by atoms with Gasteiger partial charge < -0.3 is 10.6 Å². The van der Waals surface area contributed by atoms with Gasteiger partial charge in [-0.15, -0.1) is 0 Å². The van der Waals surface area contributed by atoms with E-state index in [1.807, 2.05) is 30.3 Å². The van der Waals surface area contributed by atoms with E-state index in [0.29, 0.717) is 29.8 Å². The summed E-state index contributed by atoms with van der Waals surface area (Å²) in [6.07, 6.45) is 1.10. The minimum absolute atomic E-state index is 0.0679. The highest BCUT2D eigenvalue weighted by molar-refractivity contribution is 7.91. The van der Waals surface area contributed by atoms with E-state index in [1.54, 1.807) is 24.3 Å². The summed E-state index contributed by atoms with van der Waals surface area (Å²) in [6.45, 7) is 0. The molecule has 1 aliphatic rings. The van der Waals surface area contributed by atoms with Crippen LogP contribution in [0.25, 0.3) is 0 Å². The van der Waals surface area contributed by atoms with E-state index in [2.05, 4.69) is 10.6 Å².